The molecule has 1 heterocycles. The fraction of sp³-hybridized carbons (Fsp3) is 0.364. The van der Waals surface area contributed by atoms with Gasteiger partial charge < -0.3 is 15.2 Å². The highest BCUT2D eigenvalue weighted by Gasteiger charge is 2.07. The predicted molar refractivity (Wildman–Crippen MR) is 62.5 cm³/mol. The highest BCUT2D eigenvalue weighted by atomic mass is 32.1. The molecule has 0 bridgehead atoms. The van der Waals surface area contributed by atoms with Crippen molar-refractivity contribution in [2.45, 2.75) is 0 Å². The zero-order valence-electron chi connectivity index (χ0n) is 8.95. The molecule has 0 saturated carbocycles. The first kappa shape index (κ1) is 12.7. The number of carbonyl (C=O) groups is 1. The Morgan fingerprint density at radius 2 is 2.44 bits per heavy atom. The Bertz CT molecular complexity index is 403. The highest BCUT2D eigenvalue weighted by molar-refractivity contribution is 7.14. The lowest BCUT2D eigenvalue weighted by atomic mass is 10.4. The van der Waals surface area contributed by atoms with Crippen LogP contribution in [0.25, 0.3) is 0 Å². The summed E-state index contributed by atoms with van der Waals surface area (Å²) in [6.07, 6.45) is 0. The summed E-state index contributed by atoms with van der Waals surface area (Å²) in [4.78, 5) is 12.9. The Kier molecular flexibility index (Phi) is 5.57. The highest BCUT2D eigenvalue weighted by Crippen LogP contribution is 2.14. The quantitative estimate of drug-likeness (QED) is 0.593. The van der Waals surface area contributed by atoms with Gasteiger partial charge in [-0.25, -0.2) is 0 Å². The van der Waals surface area contributed by atoms with Crippen LogP contribution in [-0.2, 0) is 4.74 Å². The molecule has 1 rings (SSSR count). The van der Waals surface area contributed by atoms with Crippen molar-refractivity contribution in [2.75, 3.05) is 26.9 Å². The Balaban J connectivity index is 2.53. The van der Waals surface area contributed by atoms with Gasteiger partial charge in [0, 0.05) is 13.7 Å². The maximum absolute atomic E-state index is 11.6. The van der Waals surface area contributed by atoms with Crippen molar-refractivity contribution in [3.63, 3.8) is 0 Å². The number of aliphatic hydroxyl groups excluding tert-OH is 1. The van der Waals surface area contributed by atoms with Gasteiger partial charge in [-0.2, -0.15) is 0 Å². The van der Waals surface area contributed by atoms with Crippen LogP contribution in [0.1, 0.15) is 14.5 Å². The molecule has 0 aliphatic rings. The summed E-state index contributed by atoms with van der Waals surface area (Å²) in [5.41, 5.74) is 0. The third-order valence-electron chi connectivity index (χ3n) is 1.71. The number of rotatable bonds is 4. The lowest BCUT2D eigenvalue weighted by Crippen LogP contribution is -2.26. The number of nitrogens with one attached hydrogen (secondary N) is 1. The predicted octanol–water partition coefficient (Wildman–Crippen LogP) is 0.468. The van der Waals surface area contributed by atoms with Crippen molar-refractivity contribution in [3.05, 3.63) is 21.9 Å². The normalized spacial score (nSPS) is 9.38. The Morgan fingerprint density at radius 3 is 3.12 bits per heavy atom. The van der Waals surface area contributed by atoms with E-state index in [0.717, 1.165) is 4.88 Å². The van der Waals surface area contributed by atoms with E-state index in [1.807, 2.05) is 0 Å². The summed E-state index contributed by atoms with van der Waals surface area (Å²) in [5.74, 6) is 5.16. The summed E-state index contributed by atoms with van der Waals surface area (Å²) < 4.78 is 4.82. The molecule has 1 amide bonds. The van der Waals surface area contributed by atoms with Crippen molar-refractivity contribution < 1.29 is 14.6 Å². The van der Waals surface area contributed by atoms with Crippen LogP contribution < -0.4 is 5.32 Å². The van der Waals surface area contributed by atoms with E-state index in [9.17, 15) is 4.79 Å². The van der Waals surface area contributed by atoms with E-state index in [4.69, 9.17) is 9.84 Å². The zero-order valence-corrected chi connectivity index (χ0v) is 9.76. The molecule has 5 heteroatoms. The molecule has 16 heavy (non-hydrogen) atoms. The van der Waals surface area contributed by atoms with Gasteiger partial charge in [-0.05, 0) is 12.1 Å². The van der Waals surface area contributed by atoms with Gasteiger partial charge in [0.1, 0.15) is 6.61 Å². The van der Waals surface area contributed by atoms with Crippen LogP contribution >= 0.6 is 11.3 Å². The van der Waals surface area contributed by atoms with Gasteiger partial charge in [-0.15, -0.1) is 11.3 Å². The molecule has 0 unspecified atom stereocenters. The van der Waals surface area contributed by atoms with Gasteiger partial charge in [-0.3, -0.25) is 4.79 Å². The number of ether oxygens (including phenoxy) is 1. The molecule has 0 fully saturated rings. The van der Waals surface area contributed by atoms with Gasteiger partial charge in [0.05, 0.1) is 16.4 Å². The lowest BCUT2D eigenvalue weighted by Gasteiger charge is -2.01. The largest absolute Gasteiger partial charge is 0.384 e. The van der Waals surface area contributed by atoms with Gasteiger partial charge >= 0.3 is 0 Å². The third kappa shape index (κ3) is 4.03. The minimum Gasteiger partial charge on any atom is -0.384 e. The number of methoxy groups -OCH3 is 1. The molecule has 0 aliphatic heterocycles. The van der Waals surface area contributed by atoms with Crippen LogP contribution in [0.5, 0.6) is 0 Å². The van der Waals surface area contributed by atoms with E-state index in [0.29, 0.717) is 18.0 Å². The molecule has 0 spiro atoms. The summed E-state index contributed by atoms with van der Waals surface area (Å²) in [6.45, 7) is 0.812. The molecule has 0 saturated heterocycles. The Hall–Kier alpha value is -1.35. The summed E-state index contributed by atoms with van der Waals surface area (Å²) >= 11 is 1.30. The maximum atomic E-state index is 11.6. The standard InChI is InChI=1S/C11H13NO3S/c1-15-8-6-12-11(14)10-5-4-9(16-10)3-2-7-13/h4-5,13H,6-8H2,1H3,(H,12,14). The van der Waals surface area contributed by atoms with Crippen LogP contribution in [0.3, 0.4) is 0 Å². The molecule has 0 aliphatic carbocycles. The van der Waals surface area contributed by atoms with E-state index in [1.54, 1.807) is 19.2 Å². The summed E-state index contributed by atoms with van der Waals surface area (Å²) in [6, 6.07) is 3.48. The molecule has 4 nitrogen and oxygen atoms in total. The monoisotopic (exact) mass is 239 g/mol. The van der Waals surface area contributed by atoms with Crippen molar-refractivity contribution in [3.8, 4) is 11.8 Å². The van der Waals surface area contributed by atoms with Crippen LogP contribution in [0.2, 0.25) is 0 Å². The summed E-state index contributed by atoms with van der Waals surface area (Å²) in [5, 5.41) is 11.2. The second kappa shape index (κ2) is 7.01. The second-order valence-electron chi connectivity index (χ2n) is 2.87. The summed E-state index contributed by atoms with van der Waals surface area (Å²) in [7, 11) is 1.58. The molecular weight excluding hydrogens is 226 g/mol. The van der Waals surface area contributed by atoms with E-state index in [1.165, 1.54) is 11.3 Å². The smallest absolute Gasteiger partial charge is 0.261 e. The third-order valence-corrected chi connectivity index (χ3v) is 2.71. The van der Waals surface area contributed by atoms with Crippen LogP contribution in [0.15, 0.2) is 12.1 Å². The minimum absolute atomic E-state index is 0.126. The molecule has 0 atom stereocenters. The second-order valence-corrected chi connectivity index (χ2v) is 3.96. The average Bonchev–Trinajstić information content (AvgIpc) is 2.75. The van der Waals surface area contributed by atoms with E-state index < -0.39 is 0 Å². The Morgan fingerprint density at radius 1 is 1.62 bits per heavy atom. The SMILES string of the molecule is COCCNC(=O)c1ccc(C#CCO)s1. The topological polar surface area (TPSA) is 58.6 Å². The van der Waals surface area contributed by atoms with Crippen LogP contribution in [0, 0.1) is 11.8 Å². The van der Waals surface area contributed by atoms with Crippen LogP contribution in [0.4, 0.5) is 0 Å². The van der Waals surface area contributed by atoms with Gasteiger partial charge in [0.2, 0.25) is 0 Å². The fourth-order valence-corrected chi connectivity index (χ4v) is 1.80. The molecule has 1 aromatic heterocycles. The van der Waals surface area contributed by atoms with E-state index in [2.05, 4.69) is 17.2 Å². The van der Waals surface area contributed by atoms with Gasteiger partial charge in [-0.1, -0.05) is 11.8 Å². The van der Waals surface area contributed by atoms with Crippen molar-refractivity contribution >= 4 is 17.2 Å². The van der Waals surface area contributed by atoms with Crippen molar-refractivity contribution in [1.29, 1.82) is 0 Å². The van der Waals surface area contributed by atoms with E-state index in [-0.39, 0.29) is 12.5 Å². The molecule has 1 aromatic rings. The number of aliphatic hydroxyl groups is 1. The molecule has 2 N–H and O–H groups in total. The lowest BCUT2D eigenvalue weighted by molar-refractivity contribution is 0.0941. The van der Waals surface area contributed by atoms with Gasteiger partial charge in [0.25, 0.3) is 5.91 Å². The van der Waals surface area contributed by atoms with Crippen molar-refractivity contribution in [2.24, 2.45) is 0 Å². The molecule has 0 radical (unpaired) electrons. The van der Waals surface area contributed by atoms with Crippen molar-refractivity contribution in [1.82, 2.24) is 5.32 Å². The Labute approximate surface area is 98.2 Å². The van der Waals surface area contributed by atoms with Crippen LogP contribution in [-0.4, -0.2) is 37.9 Å². The number of hydrogen-bond acceptors (Lipinski definition) is 4. The average molecular weight is 239 g/mol. The molecular formula is C11H13NO3S. The molecule has 0 aromatic carbocycles. The first-order valence-electron chi connectivity index (χ1n) is 4.74. The van der Waals surface area contributed by atoms with E-state index >= 15 is 0 Å². The first-order chi connectivity index (χ1) is 7.77. The maximum Gasteiger partial charge on any atom is 0.261 e. The number of thiophene rings is 1. The molecule has 86 valence electrons. The zero-order chi connectivity index (χ0) is 11.8. The minimum atomic E-state index is -0.173. The number of carbonyl (C=O) groups excluding carboxylic acids is 1. The number of hydrogen-bond donors (Lipinski definition) is 2. The first-order valence-corrected chi connectivity index (χ1v) is 5.56. The fourth-order valence-electron chi connectivity index (χ4n) is 1.01. The van der Waals surface area contributed by atoms with Gasteiger partial charge in [0.15, 0.2) is 0 Å². The number of amides is 1.